The molecule has 3 aromatic carbocycles. The summed E-state index contributed by atoms with van der Waals surface area (Å²) in [5.41, 5.74) is 6.40. The maximum atomic E-state index is 14.4. The maximum Gasteiger partial charge on any atom is 0.167 e. The second-order valence-electron chi connectivity index (χ2n) is 15.3. The molecule has 1 aliphatic rings. The van der Waals surface area contributed by atoms with Crippen molar-refractivity contribution in [3.63, 3.8) is 0 Å². The maximum absolute atomic E-state index is 14.4. The van der Waals surface area contributed by atoms with Crippen LogP contribution in [0.5, 0.6) is 0 Å². The average molecular weight is 709 g/mol. The summed E-state index contributed by atoms with van der Waals surface area (Å²) in [5, 5.41) is 30.7. The first-order valence-corrected chi connectivity index (χ1v) is 19.0. The Labute approximate surface area is 310 Å². The number of ketones is 2. The molecule has 1 unspecified atom stereocenters. The summed E-state index contributed by atoms with van der Waals surface area (Å²) in [7, 11) is 0. The van der Waals surface area contributed by atoms with E-state index in [0.717, 1.165) is 51.8 Å². The number of aliphatic hydroxyl groups excluding tert-OH is 3. The standard InChI is InChI=1S/C46H57FO5/c1-30(2)43-41(24-23-39(50)27-32(4)26-38(49)18-12-13-31(3)25-40(51)28-33(5)48)44(36-19-21-37(47)22-20-36)45(35-16-10-7-11-17-35)46(43)42(52)29-34-14-8-6-9-15-34/h6-11,14-17,19-22,30-32,39-41,48,50-51H,5,12-13,18,23-29H2,1-4H3/t31-,32+,39-,40-,41?/m1/s1. The van der Waals surface area contributed by atoms with Crippen LogP contribution in [0.4, 0.5) is 4.39 Å². The first-order chi connectivity index (χ1) is 24.8. The van der Waals surface area contributed by atoms with Crippen LogP contribution >= 0.6 is 0 Å². The van der Waals surface area contributed by atoms with Crippen molar-refractivity contribution in [3.05, 3.63) is 131 Å². The Balaban J connectivity index is 1.51. The van der Waals surface area contributed by atoms with E-state index in [1.165, 1.54) is 12.1 Å². The lowest BCUT2D eigenvalue weighted by atomic mass is 9.80. The first kappa shape index (κ1) is 40.6. The lowest BCUT2D eigenvalue weighted by Crippen LogP contribution is -2.18. The van der Waals surface area contributed by atoms with Crippen LogP contribution in [0.3, 0.4) is 0 Å². The number of carbonyl (C=O) groups is 2. The molecular weight excluding hydrogens is 651 g/mol. The quantitative estimate of drug-likeness (QED) is 0.0958. The molecule has 52 heavy (non-hydrogen) atoms. The smallest absolute Gasteiger partial charge is 0.167 e. The number of rotatable bonds is 21. The summed E-state index contributed by atoms with van der Waals surface area (Å²) in [5.74, 6) is 0.00474. The van der Waals surface area contributed by atoms with Crippen LogP contribution in [0, 0.1) is 29.5 Å². The van der Waals surface area contributed by atoms with Gasteiger partial charge in [-0.2, -0.15) is 0 Å². The number of halogens is 1. The third-order valence-electron chi connectivity index (χ3n) is 10.2. The van der Waals surface area contributed by atoms with Gasteiger partial charge in [-0.1, -0.05) is 113 Å². The first-order valence-electron chi connectivity index (χ1n) is 19.0. The van der Waals surface area contributed by atoms with Crippen molar-refractivity contribution in [2.75, 3.05) is 0 Å². The highest BCUT2D eigenvalue weighted by atomic mass is 19.1. The van der Waals surface area contributed by atoms with Crippen LogP contribution in [0.2, 0.25) is 0 Å². The minimum absolute atomic E-state index is 0.0102. The van der Waals surface area contributed by atoms with Crippen molar-refractivity contribution in [2.24, 2.45) is 23.7 Å². The number of hydrogen-bond donors (Lipinski definition) is 3. The summed E-state index contributed by atoms with van der Waals surface area (Å²) in [6.45, 7) is 11.7. The molecule has 0 saturated carbocycles. The van der Waals surface area contributed by atoms with Crippen molar-refractivity contribution >= 4 is 22.7 Å². The number of Topliss-reactive ketones (excluding diaryl/α,β-unsaturated/α-hetero) is 2. The molecule has 1 aliphatic carbocycles. The summed E-state index contributed by atoms with van der Waals surface area (Å²) >= 11 is 0. The van der Waals surface area contributed by atoms with E-state index in [1.54, 1.807) is 12.1 Å². The molecule has 5 nitrogen and oxygen atoms in total. The fourth-order valence-electron chi connectivity index (χ4n) is 7.92. The van der Waals surface area contributed by atoms with Crippen molar-refractivity contribution < 1.29 is 29.3 Å². The molecule has 278 valence electrons. The van der Waals surface area contributed by atoms with Crippen LogP contribution in [-0.4, -0.2) is 39.1 Å². The number of hydrogen-bond acceptors (Lipinski definition) is 5. The van der Waals surface area contributed by atoms with Crippen LogP contribution in [0.25, 0.3) is 11.1 Å². The zero-order valence-electron chi connectivity index (χ0n) is 31.4. The van der Waals surface area contributed by atoms with Gasteiger partial charge in [-0.3, -0.25) is 9.59 Å². The molecule has 5 atom stereocenters. The second-order valence-corrected chi connectivity index (χ2v) is 15.3. The van der Waals surface area contributed by atoms with Gasteiger partial charge in [-0.25, -0.2) is 4.39 Å². The molecule has 3 aromatic rings. The summed E-state index contributed by atoms with van der Waals surface area (Å²) in [6.07, 6.45) is 3.74. The molecule has 0 fully saturated rings. The minimum atomic E-state index is -0.630. The van der Waals surface area contributed by atoms with Crippen molar-refractivity contribution in [1.29, 1.82) is 0 Å². The van der Waals surface area contributed by atoms with E-state index in [0.29, 0.717) is 38.5 Å². The van der Waals surface area contributed by atoms with E-state index < -0.39 is 12.2 Å². The molecule has 0 bridgehead atoms. The second kappa shape index (κ2) is 19.6. The summed E-state index contributed by atoms with van der Waals surface area (Å²) in [4.78, 5) is 27.3. The van der Waals surface area contributed by atoms with E-state index in [4.69, 9.17) is 0 Å². The average Bonchev–Trinajstić information content (AvgIpc) is 3.43. The van der Waals surface area contributed by atoms with Gasteiger partial charge in [-0.05, 0) is 95.4 Å². The third kappa shape index (κ3) is 11.7. The Morgan fingerprint density at radius 1 is 0.769 bits per heavy atom. The highest BCUT2D eigenvalue weighted by Gasteiger charge is 2.39. The van der Waals surface area contributed by atoms with Gasteiger partial charge in [0.15, 0.2) is 5.78 Å². The molecular formula is C46H57FO5. The molecule has 0 spiro atoms. The molecule has 0 radical (unpaired) electrons. The molecule has 0 saturated heterocycles. The lowest BCUT2D eigenvalue weighted by molar-refractivity contribution is -0.120. The third-order valence-corrected chi connectivity index (χ3v) is 10.2. The van der Waals surface area contributed by atoms with Gasteiger partial charge in [-0.15, -0.1) is 0 Å². The van der Waals surface area contributed by atoms with Gasteiger partial charge in [0.2, 0.25) is 0 Å². The Bertz CT molecular complexity index is 1690. The van der Waals surface area contributed by atoms with Crippen LogP contribution in [0.1, 0.15) is 102 Å². The molecule has 4 rings (SSSR count). The minimum Gasteiger partial charge on any atom is -0.513 e. The van der Waals surface area contributed by atoms with Gasteiger partial charge >= 0.3 is 0 Å². The van der Waals surface area contributed by atoms with E-state index in [2.05, 4.69) is 20.4 Å². The predicted molar refractivity (Wildman–Crippen MR) is 209 cm³/mol. The normalized spacial score (nSPS) is 17.0. The molecule has 0 heterocycles. The number of benzene rings is 3. The van der Waals surface area contributed by atoms with E-state index >= 15 is 0 Å². The van der Waals surface area contributed by atoms with Gasteiger partial charge < -0.3 is 15.3 Å². The Hall–Kier alpha value is -4.13. The van der Waals surface area contributed by atoms with Gasteiger partial charge in [0.05, 0.1) is 18.0 Å². The topological polar surface area (TPSA) is 94.8 Å². The van der Waals surface area contributed by atoms with Gasteiger partial charge in [0.25, 0.3) is 0 Å². The number of carbonyl (C=O) groups excluding carboxylic acids is 2. The SMILES string of the molecule is C=C(O)C[C@H](O)C[C@H](C)CCCC(=O)C[C@H](C)C[C@H](O)CCC1C(c2ccc(F)cc2)=C(c2ccccc2)C(C(=O)Cc2ccccc2)=C1C(C)C. The Morgan fingerprint density at radius 2 is 1.38 bits per heavy atom. The zero-order valence-corrected chi connectivity index (χ0v) is 31.4. The molecule has 0 aliphatic heterocycles. The fraction of sp³-hybridized carbons (Fsp3) is 0.435. The number of aliphatic hydroxyl groups is 3. The van der Waals surface area contributed by atoms with Crippen LogP contribution < -0.4 is 0 Å². The summed E-state index contributed by atoms with van der Waals surface area (Å²) < 4.78 is 14.2. The fourth-order valence-corrected chi connectivity index (χ4v) is 7.92. The summed E-state index contributed by atoms with van der Waals surface area (Å²) in [6, 6.07) is 26.3. The Morgan fingerprint density at radius 3 is 2.00 bits per heavy atom. The van der Waals surface area contributed by atoms with Gasteiger partial charge in [0, 0.05) is 37.2 Å². The van der Waals surface area contributed by atoms with Crippen LogP contribution in [0.15, 0.2) is 108 Å². The largest absolute Gasteiger partial charge is 0.513 e. The number of allylic oxidation sites excluding steroid dienone is 4. The van der Waals surface area contributed by atoms with E-state index in [9.17, 15) is 29.3 Å². The Kier molecular flexibility index (Phi) is 15.3. The molecule has 0 amide bonds. The lowest BCUT2D eigenvalue weighted by Gasteiger charge is -2.25. The van der Waals surface area contributed by atoms with E-state index in [1.807, 2.05) is 74.5 Å². The van der Waals surface area contributed by atoms with E-state index in [-0.39, 0.29) is 59.7 Å². The van der Waals surface area contributed by atoms with Crippen LogP contribution in [-0.2, 0) is 16.0 Å². The zero-order chi connectivity index (χ0) is 37.8. The van der Waals surface area contributed by atoms with Crippen molar-refractivity contribution in [1.82, 2.24) is 0 Å². The predicted octanol–water partition coefficient (Wildman–Crippen LogP) is 10.3. The highest BCUT2D eigenvalue weighted by Crippen LogP contribution is 2.52. The van der Waals surface area contributed by atoms with Crippen molar-refractivity contribution in [2.45, 2.75) is 104 Å². The molecule has 0 aromatic heterocycles. The van der Waals surface area contributed by atoms with Crippen molar-refractivity contribution in [3.8, 4) is 0 Å². The van der Waals surface area contributed by atoms with Gasteiger partial charge in [0.1, 0.15) is 11.6 Å². The molecule has 3 N–H and O–H groups in total. The molecule has 6 heteroatoms. The monoisotopic (exact) mass is 708 g/mol. The highest BCUT2D eigenvalue weighted by molar-refractivity contribution is 6.20.